The second kappa shape index (κ2) is 8.26. The molecule has 1 unspecified atom stereocenters. The normalized spacial score (nSPS) is 20.3. The number of aromatic amines is 1. The van der Waals surface area contributed by atoms with Gasteiger partial charge in [0.25, 0.3) is 5.91 Å². The van der Waals surface area contributed by atoms with E-state index in [4.69, 9.17) is 0 Å². The number of hydrogen-bond donors (Lipinski definition) is 2. The Bertz CT molecular complexity index is 797. The van der Waals surface area contributed by atoms with Crippen molar-refractivity contribution in [1.82, 2.24) is 20.4 Å². The van der Waals surface area contributed by atoms with E-state index in [2.05, 4.69) is 51.6 Å². The highest BCUT2D eigenvalue weighted by Crippen LogP contribution is 2.22. The Kier molecular flexibility index (Phi) is 5.58. The van der Waals surface area contributed by atoms with Gasteiger partial charge in [0.15, 0.2) is 5.69 Å². The van der Waals surface area contributed by atoms with Crippen LogP contribution in [0.25, 0.3) is 0 Å². The Hall–Kier alpha value is -2.14. The van der Waals surface area contributed by atoms with Gasteiger partial charge < -0.3 is 5.32 Å². The first kappa shape index (κ1) is 18.2. The number of amides is 1. The topological polar surface area (TPSA) is 61.0 Å². The number of aryl methyl sites for hydroxylation is 1. The van der Waals surface area contributed by atoms with Crippen LogP contribution in [0, 0.1) is 5.92 Å². The van der Waals surface area contributed by atoms with E-state index in [1.54, 1.807) is 0 Å². The molecule has 1 saturated heterocycles. The number of nitrogens with one attached hydrogen (secondary N) is 2. The minimum absolute atomic E-state index is 0.0594. The van der Waals surface area contributed by atoms with Crippen molar-refractivity contribution in [3.8, 4) is 0 Å². The fourth-order valence-corrected chi connectivity index (χ4v) is 4.48. The molecular formula is C22H30N4O. The molecule has 4 rings (SSSR count). The first-order valence-corrected chi connectivity index (χ1v) is 10.3. The van der Waals surface area contributed by atoms with E-state index in [-0.39, 0.29) is 5.91 Å². The second-order valence-electron chi connectivity index (χ2n) is 8.17. The minimum Gasteiger partial charge on any atom is -0.347 e. The molecule has 27 heavy (non-hydrogen) atoms. The maximum Gasteiger partial charge on any atom is 0.272 e. The molecule has 2 aliphatic rings. The SMILES string of the molecule is CC1CCCN(Cc2ccccc2CNC(=O)c2n[nH]c3c2CCCC3)C1. The number of carbonyl (C=O) groups is 1. The molecule has 0 spiro atoms. The molecule has 2 aromatic rings. The molecule has 2 N–H and O–H groups in total. The van der Waals surface area contributed by atoms with Gasteiger partial charge >= 0.3 is 0 Å². The Morgan fingerprint density at radius 3 is 2.89 bits per heavy atom. The molecule has 1 amide bonds. The van der Waals surface area contributed by atoms with Crippen LogP contribution in [0.5, 0.6) is 0 Å². The summed E-state index contributed by atoms with van der Waals surface area (Å²) in [6, 6.07) is 8.47. The van der Waals surface area contributed by atoms with Crippen LogP contribution in [0.3, 0.4) is 0 Å². The van der Waals surface area contributed by atoms with E-state index < -0.39 is 0 Å². The van der Waals surface area contributed by atoms with Gasteiger partial charge in [-0.05, 0) is 62.1 Å². The maximum absolute atomic E-state index is 12.7. The standard InChI is InChI=1S/C22H30N4O/c1-16-7-6-12-26(14-16)15-18-9-3-2-8-17(18)13-23-22(27)21-19-10-4-5-11-20(19)24-25-21/h2-3,8-9,16H,4-7,10-15H2,1H3,(H,23,27)(H,24,25). The molecule has 5 nitrogen and oxygen atoms in total. The van der Waals surface area contributed by atoms with Crippen molar-refractivity contribution in [2.45, 2.75) is 58.5 Å². The zero-order valence-corrected chi connectivity index (χ0v) is 16.3. The van der Waals surface area contributed by atoms with Gasteiger partial charge in [0.2, 0.25) is 0 Å². The van der Waals surface area contributed by atoms with E-state index >= 15 is 0 Å². The highest BCUT2D eigenvalue weighted by Gasteiger charge is 2.22. The summed E-state index contributed by atoms with van der Waals surface area (Å²) in [6.07, 6.45) is 6.90. The smallest absolute Gasteiger partial charge is 0.272 e. The Labute approximate surface area is 161 Å². The lowest BCUT2D eigenvalue weighted by atomic mass is 9.95. The average Bonchev–Trinajstić information content (AvgIpc) is 3.11. The number of piperidine rings is 1. The maximum atomic E-state index is 12.7. The molecule has 1 aliphatic heterocycles. The third-order valence-electron chi connectivity index (χ3n) is 5.96. The van der Waals surface area contributed by atoms with E-state index in [0.29, 0.717) is 12.2 Å². The number of hydrogen-bond acceptors (Lipinski definition) is 3. The molecule has 1 aromatic carbocycles. The van der Waals surface area contributed by atoms with Crippen LogP contribution in [0.2, 0.25) is 0 Å². The lowest BCUT2D eigenvalue weighted by molar-refractivity contribution is 0.0944. The van der Waals surface area contributed by atoms with Gasteiger partial charge in [-0.25, -0.2) is 0 Å². The van der Waals surface area contributed by atoms with Crippen molar-refractivity contribution < 1.29 is 4.79 Å². The zero-order valence-electron chi connectivity index (χ0n) is 16.3. The quantitative estimate of drug-likeness (QED) is 0.852. The van der Waals surface area contributed by atoms with Crippen LogP contribution >= 0.6 is 0 Å². The number of likely N-dealkylation sites (tertiary alicyclic amines) is 1. The van der Waals surface area contributed by atoms with Crippen molar-refractivity contribution in [2.75, 3.05) is 13.1 Å². The first-order valence-electron chi connectivity index (χ1n) is 10.3. The van der Waals surface area contributed by atoms with Crippen LogP contribution in [-0.4, -0.2) is 34.1 Å². The number of fused-ring (bicyclic) bond motifs is 1. The molecule has 144 valence electrons. The molecule has 5 heteroatoms. The molecule has 1 atom stereocenters. The van der Waals surface area contributed by atoms with E-state index in [9.17, 15) is 4.79 Å². The molecule has 1 fully saturated rings. The Morgan fingerprint density at radius 2 is 2.04 bits per heavy atom. The summed E-state index contributed by atoms with van der Waals surface area (Å²) < 4.78 is 0. The summed E-state index contributed by atoms with van der Waals surface area (Å²) in [5.74, 6) is 0.715. The van der Waals surface area contributed by atoms with Crippen molar-refractivity contribution in [2.24, 2.45) is 5.92 Å². The van der Waals surface area contributed by atoms with Gasteiger partial charge in [0, 0.05) is 30.9 Å². The van der Waals surface area contributed by atoms with Crippen LogP contribution in [0.15, 0.2) is 24.3 Å². The average molecular weight is 367 g/mol. The number of benzene rings is 1. The zero-order chi connectivity index (χ0) is 18.6. The molecule has 0 radical (unpaired) electrons. The van der Waals surface area contributed by atoms with Gasteiger partial charge in [-0.1, -0.05) is 31.2 Å². The fraction of sp³-hybridized carbons (Fsp3) is 0.545. The van der Waals surface area contributed by atoms with Gasteiger partial charge in [-0.3, -0.25) is 14.8 Å². The first-order chi connectivity index (χ1) is 13.2. The van der Waals surface area contributed by atoms with Gasteiger partial charge in [0.1, 0.15) is 0 Å². The third-order valence-corrected chi connectivity index (χ3v) is 5.96. The van der Waals surface area contributed by atoms with E-state index in [1.807, 2.05) is 0 Å². The number of H-pyrrole nitrogens is 1. The molecule has 0 bridgehead atoms. The Balaban J connectivity index is 1.41. The van der Waals surface area contributed by atoms with Crippen LogP contribution < -0.4 is 5.32 Å². The van der Waals surface area contributed by atoms with E-state index in [1.165, 1.54) is 43.5 Å². The summed E-state index contributed by atoms with van der Waals surface area (Å²) in [5.41, 5.74) is 5.37. The van der Waals surface area contributed by atoms with Gasteiger partial charge in [0.05, 0.1) is 0 Å². The van der Waals surface area contributed by atoms with Gasteiger partial charge in [-0.2, -0.15) is 5.10 Å². The molecular weight excluding hydrogens is 336 g/mol. The molecule has 1 aliphatic carbocycles. The summed E-state index contributed by atoms with van der Waals surface area (Å²) >= 11 is 0. The minimum atomic E-state index is -0.0594. The monoisotopic (exact) mass is 366 g/mol. The van der Waals surface area contributed by atoms with Crippen LogP contribution in [-0.2, 0) is 25.9 Å². The van der Waals surface area contributed by atoms with Gasteiger partial charge in [-0.15, -0.1) is 0 Å². The van der Waals surface area contributed by atoms with Crippen LogP contribution in [0.4, 0.5) is 0 Å². The van der Waals surface area contributed by atoms with E-state index in [0.717, 1.165) is 43.0 Å². The predicted octanol–water partition coefficient (Wildman–Crippen LogP) is 3.45. The largest absolute Gasteiger partial charge is 0.347 e. The summed E-state index contributed by atoms with van der Waals surface area (Å²) in [6.45, 7) is 6.20. The Morgan fingerprint density at radius 1 is 1.22 bits per heavy atom. The summed E-state index contributed by atoms with van der Waals surface area (Å²) in [7, 11) is 0. The summed E-state index contributed by atoms with van der Waals surface area (Å²) in [5, 5.41) is 10.4. The lowest BCUT2D eigenvalue weighted by Crippen LogP contribution is -2.34. The highest BCUT2D eigenvalue weighted by atomic mass is 16.1. The summed E-state index contributed by atoms with van der Waals surface area (Å²) in [4.78, 5) is 15.2. The fourth-order valence-electron chi connectivity index (χ4n) is 4.48. The molecule has 0 saturated carbocycles. The van der Waals surface area contributed by atoms with Crippen molar-refractivity contribution in [1.29, 1.82) is 0 Å². The molecule has 1 aromatic heterocycles. The lowest BCUT2D eigenvalue weighted by Gasteiger charge is -2.31. The van der Waals surface area contributed by atoms with Crippen molar-refractivity contribution in [3.05, 3.63) is 52.3 Å². The van der Waals surface area contributed by atoms with Crippen molar-refractivity contribution in [3.63, 3.8) is 0 Å². The number of rotatable bonds is 5. The molecule has 2 heterocycles. The third kappa shape index (κ3) is 4.24. The number of nitrogens with zero attached hydrogens (tertiary/aromatic N) is 2. The predicted molar refractivity (Wildman–Crippen MR) is 107 cm³/mol. The van der Waals surface area contributed by atoms with Crippen LogP contribution in [0.1, 0.15) is 65.5 Å². The van der Waals surface area contributed by atoms with Crippen molar-refractivity contribution >= 4 is 5.91 Å². The second-order valence-corrected chi connectivity index (χ2v) is 8.17. The number of carbonyl (C=O) groups excluding carboxylic acids is 1. The number of aromatic nitrogens is 2. The highest BCUT2D eigenvalue weighted by molar-refractivity contribution is 5.94.